The molecular weight excluding hydrogens is 556 g/mol. The molecule has 13 heteroatoms. The minimum Gasteiger partial charge on any atom is -0.497 e. The molecule has 0 bridgehead atoms. The lowest BCUT2D eigenvalue weighted by Gasteiger charge is -2.39. The molecule has 1 aromatic heterocycles. The Bertz CT molecular complexity index is 1360. The number of nitrogens with one attached hydrogen (secondary N) is 3. The highest BCUT2D eigenvalue weighted by Gasteiger charge is 2.37. The number of aromatic nitrogens is 1. The van der Waals surface area contributed by atoms with E-state index in [4.69, 9.17) is 4.74 Å². The van der Waals surface area contributed by atoms with E-state index >= 15 is 0 Å². The number of rotatable bonds is 10. The zero-order chi connectivity index (χ0) is 31.1. The number of carbonyl (C=O) groups is 5. The van der Waals surface area contributed by atoms with Crippen LogP contribution in [0.25, 0.3) is 10.9 Å². The quantitative estimate of drug-likeness (QED) is 0.338. The van der Waals surface area contributed by atoms with Crippen LogP contribution in [0.15, 0.2) is 18.2 Å². The molecule has 1 aliphatic heterocycles. The number of nitrogens with zero attached hydrogens (tertiary/aromatic N) is 3. The molecule has 1 aliphatic carbocycles. The molecule has 43 heavy (non-hydrogen) atoms. The molecule has 13 nitrogen and oxygen atoms in total. The second-order valence-corrected chi connectivity index (χ2v) is 11.0. The smallest absolute Gasteiger partial charge is 0.325 e. The van der Waals surface area contributed by atoms with E-state index in [1.54, 1.807) is 46.7 Å². The van der Waals surface area contributed by atoms with Gasteiger partial charge < -0.3 is 39.8 Å². The standard InChI is InChI=1S/C30H42N6O7/c1-31-17-23(37)33-26(19-8-6-5-7-9-19)29(40)35-12-14-36(15-13-35)30(41)27-25(28(39)32-18-24(38)43-4)21-11-10-20(42-3)16-22(21)34(27)2/h10-11,16,19,26,31H,5-9,12-15,17-18H2,1-4H3,(H,32,39)(H,33,37). The van der Waals surface area contributed by atoms with Crippen molar-refractivity contribution in [1.29, 1.82) is 0 Å². The fraction of sp³-hybridized carbons (Fsp3) is 0.567. The van der Waals surface area contributed by atoms with Crippen molar-refractivity contribution in [3.63, 3.8) is 0 Å². The third-order valence-corrected chi connectivity index (χ3v) is 8.38. The van der Waals surface area contributed by atoms with Crippen molar-refractivity contribution < 1.29 is 33.4 Å². The number of piperazine rings is 1. The number of fused-ring (bicyclic) bond motifs is 1. The SMILES string of the molecule is CNCC(=O)NC(C(=O)N1CCN(C(=O)c2c(C(=O)NCC(=O)OC)c3ccc(OC)cc3n2C)CC1)C1CCCCC1. The molecule has 234 valence electrons. The van der Waals surface area contributed by atoms with Crippen molar-refractivity contribution in [2.24, 2.45) is 13.0 Å². The van der Waals surface area contributed by atoms with Crippen molar-refractivity contribution in [2.75, 3.05) is 60.5 Å². The Labute approximate surface area is 251 Å². The zero-order valence-corrected chi connectivity index (χ0v) is 25.4. The maximum atomic E-state index is 14.0. The van der Waals surface area contributed by atoms with Crippen molar-refractivity contribution >= 4 is 40.5 Å². The first-order valence-electron chi connectivity index (χ1n) is 14.7. The van der Waals surface area contributed by atoms with Gasteiger partial charge in [-0.15, -0.1) is 0 Å². The highest BCUT2D eigenvalue weighted by atomic mass is 16.5. The molecular formula is C30H42N6O7. The molecule has 2 aromatic rings. The Morgan fingerprint density at radius 2 is 1.63 bits per heavy atom. The molecule has 3 N–H and O–H groups in total. The van der Waals surface area contributed by atoms with Crippen LogP contribution in [0.5, 0.6) is 5.75 Å². The van der Waals surface area contributed by atoms with E-state index in [1.165, 1.54) is 14.2 Å². The van der Waals surface area contributed by atoms with Crippen LogP contribution in [0.1, 0.15) is 53.0 Å². The van der Waals surface area contributed by atoms with Gasteiger partial charge in [-0.05, 0) is 37.9 Å². The van der Waals surface area contributed by atoms with E-state index in [0.29, 0.717) is 29.7 Å². The van der Waals surface area contributed by atoms with E-state index in [1.807, 2.05) is 0 Å². The highest BCUT2D eigenvalue weighted by molar-refractivity contribution is 6.16. The van der Waals surface area contributed by atoms with E-state index in [-0.39, 0.29) is 61.1 Å². The van der Waals surface area contributed by atoms with Crippen LogP contribution in [0, 0.1) is 5.92 Å². The summed E-state index contributed by atoms with van der Waals surface area (Å²) in [7, 11) is 6.15. The predicted molar refractivity (Wildman–Crippen MR) is 159 cm³/mol. The number of likely N-dealkylation sites (N-methyl/N-ethyl adjacent to an activating group) is 1. The Hall–Kier alpha value is -4.13. The third kappa shape index (κ3) is 7.10. The summed E-state index contributed by atoms with van der Waals surface area (Å²) in [6.07, 6.45) is 4.98. The first-order chi connectivity index (χ1) is 20.7. The Kier molecular flexibility index (Phi) is 10.6. The second-order valence-electron chi connectivity index (χ2n) is 11.0. The molecule has 1 unspecified atom stereocenters. The van der Waals surface area contributed by atoms with Crippen LogP contribution >= 0.6 is 0 Å². The molecule has 1 aromatic carbocycles. The van der Waals surface area contributed by atoms with E-state index < -0.39 is 17.9 Å². The predicted octanol–water partition coefficient (Wildman–Crippen LogP) is 0.659. The van der Waals surface area contributed by atoms with Gasteiger partial charge in [-0.1, -0.05) is 19.3 Å². The monoisotopic (exact) mass is 598 g/mol. The summed E-state index contributed by atoms with van der Waals surface area (Å²) in [5.74, 6) is -1.24. The van der Waals surface area contributed by atoms with Gasteiger partial charge >= 0.3 is 5.97 Å². The maximum Gasteiger partial charge on any atom is 0.325 e. The van der Waals surface area contributed by atoms with E-state index in [0.717, 1.165) is 32.1 Å². The van der Waals surface area contributed by atoms with Gasteiger partial charge in [0.25, 0.3) is 11.8 Å². The summed E-state index contributed by atoms with van der Waals surface area (Å²) in [4.78, 5) is 68.5. The van der Waals surface area contributed by atoms with E-state index in [9.17, 15) is 24.0 Å². The topological polar surface area (TPSA) is 151 Å². The van der Waals surface area contributed by atoms with Gasteiger partial charge in [0.15, 0.2) is 0 Å². The van der Waals surface area contributed by atoms with E-state index in [2.05, 4.69) is 20.7 Å². The molecule has 4 rings (SSSR count). The Balaban J connectivity index is 1.54. The lowest BCUT2D eigenvalue weighted by atomic mass is 9.83. The Morgan fingerprint density at radius 1 is 0.953 bits per heavy atom. The molecule has 1 saturated heterocycles. The van der Waals surface area contributed by atoms with Crippen LogP contribution < -0.4 is 20.7 Å². The summed E-state index contributed by atoms with van der Waals surface area (Å²) >= 11 is 0. The zero-order valence-electron chi connectivity index (χ0n) is 25.4. The third-order valence-electron chi connectivity index (χ3n) is 8.38. The minimum atomic E-state index is -0.613. The lowest BCUT2D eigenvalue weighted by molar-refractivity contribution is -0.139. The van der Waals surface area contributed by atoms with Crippen LogP contribution in [0.2, 0.25) is 0 Å². The van der Waals surface area contributed by atoms with Crippen molar-refractivity contribution in [3.8, 4) is 5.75 Å². The minimum absolute atomic E-state index is 0.0839. The number of hydrogen-bond acceptors (Lipinski definition) is 8. The van der Waals surface area contributed by atoms with Crippen molar-refractivity contribution in [3.05, 3.63) is 29.5 Å². The number of ether oxygens (including phenoxy) is 2. The largest absolute Gasteiger partial charge is 0.497 e. The molecule has 0 spiro atoms. The number of hydrogen-bond donors (Lipinski definition) is 3. The van der Waals surface area contributed by atoms with Crippen LogP contribution in [0.3, 0.4) is 0 Å². The van der Waals surface area contributed by atoms with Gasteiger partial charge in [-0.2, -0.15) is 0 Å². The number of amides is 4. The first-order valence-corrected chi connectivity index (χ1v) is 14.7. The fourth-order valence-corrected chi connectivity index (χ4v) is 6.05. The van der Waals surface area contributed by atoms with Crippen LogP contribution in [-0.4, -0.2) is 111 Å². The van der Waals surface area contributed by atoms with Gasteiger partial charge in [0.2, 0.25) is 11.8 Å². The molecule has 2 aliphatic rings. The first kappa shape index (κ1) is 31.8. The summed E-state index contributed by atoms with van der Waals surface area (Å²) in [5, 5.41) is 8.88. The summed E-state index contributed by atoms with van der Waals surface area (Å²) in [5.41, 5.74) is 0.939. The summed E-state index contributed by atoms with van der Waals surface area (Å²) in [6, 6.07) is 4.56. The number of esters is 1. The van der Waals surface area contributed by atoms with Gasteiger partial charge in [0.05, 0.1) is 31.8 Å². The van der Waals surface area contributed by atoms with Crippen LogP contribution in [0.4, 0.5) is 0 Å². The second kappa shape index (κ2) is 14.4. The average Bonchev–Trinajstić information content (AvgIpc) is 3.33. The normalized spacial score (nSPS) is 16.5. The van der Waals surface area contributed by atoms with Crippen molar-refractivity contribution in [1.82, 2.24) is 30.3 Å². The number of aryl methyl sites for hydroxylation is 1. The summed E-state index contributed by atoms with van der Waals surface area (Å²) < 4.78 is 11.6. The maximum absolute atomic E-state index is 14.0. The summed E-state index contributed by atoms with van der Waals surface area (Å²) in [6.45, 7) is 0.921. The molecule has 2 heterocycles. The van der Waals surface area contributed by atoms with Gasteiger partial charge in [0.1, 0.15) is 24.0 Å². The van der Waals surface area contributed by atoms with Crippen LogP contribution in [-0.2, 0) is 26.2 Å². The molecule has 1 saturated carbocycles. The molecule has 0 radical (unpaired) electrons. The average molecular weight is 599 g/mol. The van der Waals surface area contributed by atoms with Gasteiger partial charge in [-0.25, -0.2) is 0 Å². The number of methoxy groups -OCH3 is 2. The number of benzene rings is 1. The van der Waals surface area contributed by atoms with Crippen molar-refractivity contribution in [2.45, 2.75) is 38.1 Å². The molecule has 1 atom stereocenters. The lowest BCUT2D eigenvalue weighted by Crippen LogP contribution is -2.58. The Morgan fingerprint density at radius 3 is 2.26 bits per heavy atom. The molecule has 4 amide bonds. The van der Waals surface area contributed by atoms with Gasteiger partial charge in [0, 0.05) is 44.7 Å². The molecule has 2 fully saturated rings. The van der Waals surface area contributed by atoms with Gasteiger partial charge in [-0.3, -0.25) is 24.0 Å². The number of carbonyl (C=O) groups excluding carboxylic acids is 5. The highest BCUT2D eigenvalue weighted by Crippen LogP contribution is 2.31. The fourth-order valence-electron chi connectivity index (χ4n) is 6.05.